The molecule has 2 fully saturated rings. The minimum absolute atomic E-state index is 0.162. The first-order chi connectivity index (χ1) is 14.5. The van der Waals surface area contributed by atoms with Gasteiger partial charge in [-0.1, -0.05) is 36.8 Å². The van der Waals surface area contributed by atoms with E-state index >= 15 is 0 Å². The van der Waals surface area contributed by atoms with Gasteiger partial charge < -0.3 is 20.1 Å². The van der Waals surface area contributed by atoms with E-state index in [9.17, 15) is 14.4 Å². The molecular formula is C23H28N2O5. The van der Waals surface area contributed by atoms with Gasteiger partial charge in [0.25, 0.3) is 0 Å². The van der Waals surface area contributed by atoms with Crippen LogP contribution in [0, 0.1) is 17.8 Å². The molecule has 0 radical (unpaired) electrons. The molecule has 1 aromatic rings. The first kappa shape index (κ1) is 20.4. The molecule has 1 heterocycles. The summed E-state index contributed by atoms with van der Waals surface area (Å²) in [5.74, 6) is 0.971. The number of urea groups is 1. The zero-order chi connectivity index (χ0) is 21.1. The maximum Gasteiger partial charge on any atom is 0.338 e. The molecule has 7 heteroatoms. The number of carbonyl (C=O) groups is 3. The van der Waals surface area contributed by atoms with Crippen LogP contribution in [0.15, 0.2) is 41.6 Å². The fourth-order valence-corrected chi connectivity index (χ4v) is 5.13. The highest BCUT2D eigenvalue weighted by Gasteiger charge is 2.40. The van der Waals surface area contributed by atoms with Crippen LogP contribution < -0.4 is 10.6 Å². The highest BCUT2D eigenvalue weighted by molar-refractivity contribution is 5.95. The summed E-state index contributed by atoms with van der Waals surface area (Å²) in [6.45, 7) is 1.76. The van der Waals surface area contributed by atoms with Gasteiger partial charge >= 0.3 is 18.0 Å². The lowest BCUT2D eigenvalue weighted by molar-refractivity contribution is -0.145. The Labute approximate surface area is 176 Å². The molecule has 4 rings (SSSR count). The molecule has 7 nitrogen and oxygen atoms in total. The van der Waals surface area contributed by atoms with Crippen LogP contribution >= 0.6 is 0 Å². The average Bonchev–Trinajstić information content (AvgIpc) is 3.36. The van der Waals surface area contributed by atoms with Crippen LogP contribution in [0.1, 0.15) is 50.6 Å². The lowest BCUT2D eigenvalue weighted by atomic mass is 9.86. The van der Waals surface area contributed by atoms with Crippen molar-refractivity contribution in [2.24, 2.45) is 17.8 Å². The van der Waals surface area contributed by atoms with Gasteiger partial charge in [0.05, 0.1) is 23.9 Å². The summed E-state index contributed by atoms with van der Waals surface area (Å²) in [6, 6.07) is 8.07. The molecule has 2 amide bonds. The van der Waals surface area contributed by atoms with Crippen LogP contribution in [0.5, 0.6) is 0 Å². The van der Waals surface area contributed by atoms with Crippen molar-refractivity contribution in [3.8, 4) is 0 Å². The largest absolute Gasteiger partial charge is 0.463 e. The van der Waals surface area contributed by atoms with Gasteiger partial charge in [-0.05, 0) is 49.5 Å². The molecule has 1 aliphatic heterocycles. The second kappa shape index (κ2) is 8.90. The van der Waals surface area contributed by atoms with E-state index < -0.39 is 18.0 Å². The van der Waals surface area contributed by atoms with Gasteiger partial charge in [-0.2, -0.15) is 0 Å². The third kappa shape index (κ3) is 4.35. The van der Waals surface area contributed by atoms with Crippen molar-refractivity contribution in [2.75, 3.05) is 13.2 Å². The van der Waals surface area contributed by atoms with Gasteiger partial charge in [0.2, 0.25) is 0 Å². The van der Waals surface area contributed by atoms with Crippen molar-refractivity contribution in [1.82, 2.24) is 10.6 Å². The van der Waals surface area contributed by atoms with E-state index in [1.807, 2.05) is 30.3 Å². The second-order valence-corrected chi connectivity index (χ2v) is 8.35. The lowest BCUT2D eigenvalue weighted by Crippen LogP contribution is -2.47. The molecule has 0 unspecified atom stereocenters. The van der Waals surface area contributed by atoms with Gasteiger partial charge in [0, 0.05) is 6.42 Å². The van der Waals surface area contributed by atoms with Crippen LogP contribution in [0.3, 0.4) is 0 Å². The number of amides is 2. The summed E-state index contributed by atoms with van der Waals surface area (Å²) in [5.41, 5.74) is 1.28. The monoisotopic (exact) mass is 412 g/mol. The third-order valence-corrected chi connectivity index (χ3v) is 6.47. The number of esters is 2. The number of rotatable bonds is 7. The van der Waals surface area contributed by atoms with Crippen molar-refractivity contribution in [3.05, 3.63) is 47.2 Å². The number of carbonyl (C=O) groups excluding carboxylic acids is 3. The van der Waals surface area contributed by atoms with Gasteiger partial charge in [-0.3, -0.25) is 4.79 Å². The normalized spacial score (nSPS) is 27.4. The van der Waals surface area contributed by atoms with E-state index in [4.69, 9.17) is 9.47 Å². The molecule has 2 aliphatic carbocycles. The second-order valence-electron chi connectivity index (χ2n) is 8.35. The SMILES string of the molecule is CCOC(=O)C1=C(COC(=O)C[C@@H]2C[C@H]3CC[C@H]2C3)NC(=O)N[C@H]1c1ccccc1. The number of fused-ring (bicyclic) bond motifs is 2. The lowest BCUT2D eigenvalue weighted by Gasteiger charge is -2.29. The van der Waals surface area contributed by atoms with E-state index in [0.29, 0.717) is 18.3 Å². The van der Waals surface area contributed by atoms with E-state index in [1.165, 1.54) is 19.3 Å². The number of benzene rings is 1. The molecule has 2 bridgehead atoms. The number of ether oxygens (including phenoxy) is 2. The highest BCUT2D eigenvalue weighted by atomic mass is 16.5. The van der Waals surface area contributed by atoms with Gasteiger partial charge in [0.15, 0.2) is 0 Å². The molecular weight excluding hydrogens is 384 g/mol. The Hall–Kier alpha value is -2.83. The minimum atomic E-state index is -0.668. The fraction of sp³-hybridized carbons (Fsp3) is 0.522. The van der Waals surface area contributed by atoms with E-state index in [0.717, 1.165) is 17.9 Å². The van der Waals surface area contributed by atoms with Crippen LogP contribution in [0.25, 0.3) is 0 Å². The molecule has 2 N–H and O–H groups in total. The quantitative estimate of drug-likeness (QED) is 0.671. The maximum absolute atomic E-state index is 12.7. The Morgan fingerprint density at radius 1 is 1.10 bits per heavy atom. The summed E-state index contributed by atoms with van der Waals surface area (Å²) < 4.78 is 10.7. The van der Waals surface area contributed by atoms with Gasteiger partial charge in [-0.15, -0.1) is 0 Å². The smallest absolute Gasteiger partial charge is 0.338 e. The summed E-state index contributed by atoms with van der Waals surface area (Å²) in [5, 5.41) is 5.40. The summed E-state index contributed by atoms with van der Waals surface area (Å²) in [7, 11) is 0. The summed E-state index contributed by atoms with van der Waals surface area (Å²) in [4.78, 5) is 37.4. The van der Waals surface area contributed by atoms with E-state index in [1.54, 1.807) is 6.92 Å². The van der Waals surface area contributed by atoms with Crippen molar-refractivity contribution >= 4 is 18.0 Å². The van der Waals surface area contributed by atoms with E-state index in [-0.39, 0.29) is 30.5 Å². The first-order valence-corrected chi connectivity index (χ1v) is 10.7. The Bertz CT molecular complexity index is 850. The first-order valence-electron chi connectivity index (χ1n) is 10.7. The fourth-order valence-electron chi connectivity index (χ4n) is 5.13. The summed E-state index contributed by atoms with van der Waals surface area (Å²) >= 11 is 0. The molecule has 160 valence electrons. The van der Waals surface area contributed by atoms with Crippen molar-refractivity contribution in [2.45, 2.75) is 45.1 Å². The topological polar surface area (TPSA) is 93.7 Å². The molecule has 4 atom stereocenters. The van der Waals surface area contributed by atoms with Crippen molar-refractivity contribution in [3.63, 3.8) is 0 Å². The van der Waals surface area contributed by atoms with Crippen molar-refractivity contribution < 1.29 is 23.9 Å². The van der Waals surface area contributed by atoms with Crippen LogP contribution in [0.2, 0.25) is 0 Å². The Morgan fingerprint density at radius 2 is 1.90 bits per heavy atom. The molecule has 0 saturated heterocycles. The average molecular weight is 412 g/mol. The Morgan fingerprint density at radius 3 is 2.57 bits per heavy atom. The summed E-state index contributed by atoms with van der Waals surface area (Å²) in [6.07, 6.45) is 5.23. The van der Waals surface area contributed by atoms with Gasteiger partial charge in [-0.25, -0.2) is 9.59 Å². The number of nitrogens with one attached hydrogen (secondary N) is 2. The zero-order valence-corrected chi connectivity index (χ0v) is 17.2. The Balaban J connectivity index is 1.50. The molecule has 0 aromatic heterocycles. The maximum atomic E-state index is 12.7. The molecule has 30 heavy (non-hydrogen) atoms. The predicted octanol–water partition coefficient (Wildman–Crippen LogP) is 3.23. The molecule has 3 aliphatic rings. The number of hydrogen-bond donors (Lipinski definition) is 2. The highest BCUT2D eigenvalue weighted by Crippen LogP contribution is 2.49. The van der Waals surface area contributed by atoms with Crippen LogP contribution in [0.4, 0.5) is 4.79 Å². The molecule has 2 saturated carbocycles. The molecule has 1 aromatic carbocycles. The zero-order valence-electron chi connectivity index (χ0n) is 17.2. The van der Waals surface area contributed by atoms with Crippen LogP contribution in [-0.4, -0.2) is 31.2 Å². The Kier molecular flexibility index (Phi) is 6.06. The third-order valence-electron chi connectivity index (χ3n) is 6.47. The minimum Gasteiger partial charge on any atom is -0.463 e. The number of hydrogen-bond acceptors (Lipinski definition) is 5. The van der Waals surface area contributed by atoms with E-state index in [2.05, 4.69) is 10.6 Å². The molecule has 0 spiro atoms. The standard InChI is InChI=1S/C23H28N2O5/c1-2-29-22(27)20-18(24-23(28)25-21(20)15-6-4-3-5-7-15)13-30-19(26)12-17-11-14-8-9-16(17)10-14/h3-7,14,16-17,21H,2,8-13H2,1H3,(H2,24,25,28)/t14-,16-,17-,21-/m0/s1. The van der Waals surface area contributed by atoms with Crippen molar-refractivity contribution in [1.29, 1.82) is 0 Å². The van der Waals surface area contributed by atoms with Crippen LogP contribution in [-0.2, 0) is 19.1 Å². The predicted molar refractivity (Wildman–Crippen MR) is 109 cm³/mol. The van der Waals surface area contributed by atoms with Gasteiger partial charge in [0.1, 0.15) is 6.61 Å².